The normalized spacial score (nSPS) is 26.3. The second kappa shape index (κ2) is 5.73. The van der Waals surface area contributed by atoms with Crippen LogP contribution in [-0.4, -0.2) is 48.3 Å². The van der Waals surface area contributed by atoms with E-state index in [1.165, 1.54) is 12.8 Å². The van der Waals surface area contributed by atoms with Crippen LogP contribution in [0.4, 0.5) is 0 Å². The number of ether oxygens (including phenoxy) is 1. The minimum atomic E-state index is -0.792. The zero-order valence-electron chi connectivity index (χ0n) is 10.7. The van der Waals surface area contributed by atoms with Gasteiger partial charge in [-0.3, -0.25) is 9.69 Å². The molecule has 0 radical (unpaired) electrons. The van der Waals surface area contributed by atoms with Gasteiger partial charge in [-0.05, 0) is 31.1 Å². The third kappa shape index (κ3) is 2.68. The number of aliphatic carboxylic acids is 1. The van der Waals surface area contributed by atoms with E-state index < -0.39 is 5.97 Å². The average molecular weight is 251 g/mol. The first-order chi connectivity index (χ1) is 8.68. The molecule has 2 fully saturated rings. The molecule has 1 unspecified atom stereocenters. The Balaban J connectivity index is 2.12. The number of hydrogen-bond donors (Lipinski definition) is 1. The Morgan fingerprint density at radius 1 is 1.44 bits per heavy atom. The Labute approximate surface area is 108 Å². The van der Waals surface area contributed by atoms with Crippen molar-refractivity contribution >= 4 is 5.97 Å². The molecule has 0 aromatic carbocycles. The van der Waals surface area contributed by atoms with Crippen molar-refractivity contribution in [3.8, 4) is 12.3 Å². The Bertz CT molecular complexity index is 341. The van der Waals surface area contributed by atoms with Gasteiger partial charge in [0, 0.05) is 19.3 Å². The molecule has 1 saturated carbocycles. The summed E-state index contributed by atoms with van der Waals surface area (Å²) in [6.45, 7) is 2.08. The van der Waals surface area contributed by atoms with Crippen LogP contribution in [0.2, 0.25) is 0 Å². The summed E-state index contributed by atoms with van der Waals surface area (Å²) >= 11 is 0. The maximum absolute atomic E-state index is 11.0. The maximum atomic E-state index is 11.0. The van der Waals surface area contributed by atoms with Gasteiger partial charge in [-0.15, -0.1) is 6.42 Å². The summed E-state index contributed by atoms with van der Waals surface area (Å²) in [7, 11) is 0. The molecular weight excluding hydrogens is 230 g/mol. The smallest absolute Gasteiger partial charge is 0.317 e. The van der Waals surface area contributed by atoms with Crippen LogP contribution in [0, 0.1) is 17.8 Å². The number of terminal acetylenes is 1. The Hall–Kier alpha value is -1.05. The highest BCUT2D eigenvalue weighted by molar-refractivity contribution is 5.69. The Morgan fingerprint density at radius 2 is 2.17 bits per heavy atom. The van der Waals surface area contributed by atoms with Crippen LogP contribution in [0.25, 0.3) is 0 Å². The van der Waals surface area contributed by atoms with E-state index >= 15 is 0 Å². The lowest BCUT2D eigenvalue weighted by atomic mass is 9.75. The van der Waals surface area contributed by atoms with E-state index in [2.05, 4.69) is 5.92 Å². The van der Waals surface area contributed by atoms with E-state index in [0.717, 1.165) is 32.5 Å². The molecule has 4 nitrogen and oxygen atoms in total. The predicted molar refractivity (Wildman–Crippen MR) is 68.2 cm³/mol. The summed E-state index contributed by atoms with van der Waals surface area (Å²) in [6.07, 6.45) is 10.9. The molecule has 1 N–H and O–H groups in total. The highest BCUT2D eigenvalue weighted by Crippen LogP contribution is 2.48. The summed E-state index contributed by atoms with van der Waals surface area (Å²) in [5, 5.41) is 9.02. The van der Waals surface area contributed by atoms with Crippen molar-refractivity contribution < 1.29 is 14.6 Å². The molecule has 18 heavy (non-hydrogen) atoms. The lowest BCUT2D eigenvalue weighted by Gasteiger charge is -2.43. The summed E-state index contributed by atoms with van der Waals surface area (Å²) in [5.41, 5.74) is 0.241. The quantitative estimate of drug-likeness (QED) is 0.766. The van der Waals surface area contributed by atoms with Gasteiger partial charge in [-0.25, -0.2) is 0 Å². The first-order valence-electron chi connectivity index (χ1n) is 6.65. The van der Waals surface area contributed by atoms with E-state index in [-0.39, 0.29) is 12.0 Å². The van der Waals surface area contributed by atoms with Crippen LogP contribution in [0.5, 0.6) is 0 Å². The van der Waals surface area contributed by atoms with E-state index in [4.69, 9.17) is 16.3 Å². The lowest BCUT2D eigenvalue weighted by molar-refractivity contribution is -0.139. The minimum Gasteiger partial charge on any atom is -0.480 e. The maximum Gasteiger partial charge on any atom is 0.317 e. The van der Waals surface area contributed by atoms with E-state index in [1.807, 2.05) is 4.90 Å². The van der Waals surface area contributed by atoms with Gasteiger partial charge in [-0.2, -0.15) is 0 Å². The molecule has 2 aliphatic rings. The number of nitrogens with zero attached hydrogens (tertiary/aromatic N) is 1. The fraction of sp³-hybridized carbons (Fsp3) is 0.786. The topological polar surface area (TPSA) is 49.8 Å². The third-order valence-electron chi connectivity index (χ3n) is 4.42. The van der Waals surface area contributed by atoms with Crippen molar-refractivity contribution in [1.82, 2.24) is 4.90 Å². The van der Waals surface area contributed by atoms with Crippen LogP contribution in [0.15, 0.2) is 0 Å². The molecule has 4 heteroatoms. The van der Waals surface area contributed by atoms with Gasteiger partial charge in [0.05, 0.1) is 13.1 Å². The molecule has 1 heterocycles. The van der Waals surface area contributed by atoms with Crippen LogP contribution in [0.1, 0.15) is 32.1 Å². The molecule has 1 atom stereocenters. The van der Waals surface area contributed by atoms with Crippen LogP contribution in [0.3, 0.4) is 0 Å². The summed E-state index contributed by atoms with van der Waals surface area (Å²) in [6, 6.07) is 0.313. The molecule has 0 amide bonds. The van der Waals surface area contributed by atoms with Crippen molar-refractivity contribution in [2.45, 2.75) is 38.1 Å². The molecule has 100 valence electrons. The van der Waals surface area contributed by atoms with Crippen LogP contribution >= 0.6 is 0 Å². The van der Waals surface area contributed by atoms with Gasteiger partial charge in [0.15, 0.2) is 0 Å². The second-order valence-corrected chi connectivity index (χ2v) is 5.39. The minimum absolute atomic E-state index is 0.0530. The molecule has 1 saturated heterocycles. The van der Waals surface area contributed by atoms with Gasteiger partial charge in [0.2, 0.25) is 0 Å². The van der Waals surface area contributed by atoms with Gasteiger partial charge in [-0.1, -0.05) is 12.3 Å². The van der Waals surface area contributed by atoms with Gasteiger partial charge >= 0.3 is 5.97 Å². The van der Waals surface area contributed by atoms with Crippen molar-refractivity contribution in [2.24, 2.45) is 5.41 Å². The number of carboxylic acids is 1. The summed E-state index contributed by atoms with van der Waals surface area (Å²) in [4.78, 5) is 13.0. The highest BCUT2D eigenvalue weighted by atomic mass is 16.5. The molecule has 1 aliphatic carbocycles. The van der Waals surface area contributed by atoms with Crippen LogP contribution < -0.4 is 0 Å². The molecule has 0 bridgehead atoms. The Kier molecular flexibility index (Phi) is 4.26. The molecule has 1 spiro atoms. The predicted octanol–water partition coefficient (Wildman–Crippen LogP) is 1.36. The van der Waals surface area contributed by atoms with Gasteiger partial charge < -0.3 is 9.84 Å². The average Bonchev–Trinajstić information content (AvgIpc) is 2.72. The van der Waals surface area contributed by atoms with E-state index in [1.54, 1.807) is 0 Å². The number of carbonyl (C=O) groups is 1. The van der Waals surface area contributed by atoms with Gasteiger partial charge in [0.25, 0.3) is 0 Å². The highest BCUT2D eigenvalue weighted by Gasteiger charge is 2.46. The molecular formula is C14H21NO3. The SMILES string of the molecule is C#CCN(CC(=O)O)C1CCCC12CCOCC2. The zero-order chi connectivity index (χ0) is 13.0. The number of hydrogen-bond acceptors (Lipinski definition) is 3. The Morgan fingerprint density at radius 3 is 2.78 bits per heavy atom. The standard InChI is InChI=1S/C14H21NO3/c1-2-8-15(11-13(16)17)12-4-3-5-14(12)6-9-18-10-7-14/h1,12H,3-11H2,(H,16,17). The number of rotatable bonds is 4. The molecule has 2 rings (SSSR count). The summed E-state index contributed by atoms with van der Waals surface area (Å²) in [5.74, 6) is 1.81. The van der Waals surface area contributed by atoms with Crippen LogP contribution in [-0.2, 0) is 9.53 Å². The molecule has 0 aromatic rings. The third-order valence-corrected chi connectivity index (χ3v) is 4.42. The molecule has 0 aromatic heterocycles. The van der Waals surface area contributed by atoms with Crippen molar-refractivity contribution in [3.63, 3.8) is 0 Å². The van der Waals surface area contributed by atoms with E-state index in [9.17, 15) is 4.79 Å². The first-order valence-corrected chi connectivity index (χ1v) is 6.65. The fourth-order valence-electron chi connectivity index (χ4n) is 3.62. The number of carboxylic acid groups (broad SMARTS) is 1. The van der Waals surface area contributed by atoms with Crippen molar-refractivity contribution in [3.05, 3.63) is 0 Å². The van der Waals surface area contributed by atoms with Crippen molar-refractivity contribution in [1.29, 1.82) is 0 Å². The molecule has 1 aliphatic heterocycles. The zero-order valence-corrected chi connectivity index (χ0v) is 10.7. The summed E-state index contributed by atoms with van der Waals surface area (Å²) < 4.78 is 5.45. The largest absolute Gasteiger partial charge is 0.480 e. The van der Waals surface area contributed by atoms with E-state index in [0.29, 0.717) is 12.6 Å². The van der Waals surface area contributed by atoms with Crippen molar-refractivity contribution in [2.75, 3.05) is 26.3 Å². The monoisotopic (exact) mass is 251 g/mol. The lowest BCUT2D eigenvalue weighted by Crippen LogP contribution is -2.49. The fourth-order valence-corrected chi connectivity index (χ4v) is 3.62. The second-order valence-electron chi connectivity index (χ2n) is 5.39. The first kappa shape index (κ1) is 13.4. The van der Waals surface area contributed by atoms with Gasteiger partial charge in [0.1, 0.15) is 0 Å².